The number of hydrogen-bond acceptors (Lipinski definition) is 3. The van der Waals surface area contributed by atoms with Crippen molar-refractivity contribution in [3.05, 3.63) is 51.5 Å². The number of halogens is 1. The highest BCUT2D eigenvalue weighted by Crippen LogP contribution is 2.23. The van der Waals surface area contributed by atoms with Crippen molar-refractivity contribution >= 4 is 11.6 Å². The molecule has 0 amide bonds. The zero-order chi connectivity index (χ0) is 11.5. The van der Waals surface area contributed by atoms with E-state index in [4.69, 9.17) is 16.3 Å². The molecule has 0 bridgehead atoms. The van der Waals surface area contributed by atoms with Crippen molar-refractivity contribution in [2.75, 3.05) is 0 Å². The summed E-state index contributed by atoms with van der Waals surface area (Å²) in [7, 11) is 0. The van der Waals surface area contributed by atoms with E-state index in [0.717, 1.165) is 5.56 Å². The van der Waals surface area contributed by atoms with E-state index in [0.29, 0.717) is 5.75 Å². The van der Waals surface area contributed by atoms with Crippen molar-refractivity contribution in [3.8, 4) is 11.6 Å². The van der Waals surface area contributed by atoms with Gasteiger partial charge in [-0.1, -0.05) is 23.7 Å². The van der Waals surface area contributed by atoms with Gasteiger partial charge in [0.15, 0.2) is 5.02 Å². The highest BCUT2D eigenvalue weighted by molar-refractivity contribution is 6.31. The summed E-state index contributed by atoms with van der Waals surface area (Å²) in [6.07, 6.45) is 1.25. The van der Waals surface area contributed by atoms with Gasteiger partial charge in [0.2, 0.25) is 5.88 Å². The Morgan fingerprint density at radius 2 is 2.25 bits per heavy atom. The Morgan fingerprint density at radius 3 is 3.00 bits per heavy atom. The number of rotatable bonds is 2. The molecule has 0 fully saturated rings. The molecule has 0 spiro atoms. The number of aryl methyl sites for hydroxylation is 1. The number of ether oxygens (including phenoxy) is 1. The third-order valence-electron chi connectivity index (χ3n) is 1.97. The van der Waals surface area contributed by atoms with Crippen LogP contribution in [-0.4, -0.2) is 9.97 Å². The molecule has 4 nitrogen and oxygen atoms in total. The van der Waals surface area contributed by atoms with Crippen LogP contribution in [0.2, 0.25) is 5.02 Å². The Hall–Kier alpha value is -1.81. The Balaban J connectivity index is 2.34. The van der Waals surface area contributed by atoms with Gasteiger partial charge in [0.1, 0.15) is 5.75 Å². The first kappa shape index (κ1) is 10.7. The normalized spacial score (nSPS) is 10.1. The number of hydrogen-bond donors (Lipinski definition) is 1. The molecule has 0 aliphatic heterocycles. The Morgan fingerprint density at radius 1 is 1.44 bits per heavy atom. The van der Waals surface area contributed by atoms with Gasteiger partial charge in [-0.25, -0.2) is 4.98 Å². The minimum absolute atomic E-state index is 0.0518. The minimum Gasteiger partial charge on any atom is -0.437 e. The maximum Gasteiger partial charge on any atom is 0.273 e. The molecule has 0 aliphatic carbocycles. The van der Waals surface area contributed by atoms with Crippen molar-refractivity contribution in [3.63, 3.8) is 0 Å². The lowest BCUT2D eigenvalue weighted by Crippen LogP contribution is -2.07. The quantitative estimate of drug-likeness (QED) is 0.872. The van der Waals surface area contributed by atoms with E-state index in [1.807, 2.05) is 25.1 Å². The average molecular weight is 237 g/mol. The van der Waals surface area contributed by atoms with E-state index in [-0.39, 0.29) is 10.9 Å². The maximum absolute atomic E-state index is 11.2. The first-order valence-corrected chi connectivity index (χ1v) is 5.02. The number of nitrogens with one attached hydrogen (secondary N) is 1. The van der Waals surface area contributed by atoms with Gasteiger partial charge in [0, 0.05) is 0 Å². The number of aromatic nitrogens is 2. The van der Waals surface area contributed by atoms with Gasteiger partial charge in [0.05, 0.1) is 6.33 Å². The van der Waals surface area contributed by atoms with E-state index >= 15 is 0 Å². The van der Waals surface area contributed by atoms with Crippen molar-refractivity contribution in [2.45, 2.75) is 6.92 Å². The molecule has 0 radical (unpaired) electrons. The highest BCUT2D eigenvalue weighted by Gasteiger charge is 2.07. The molecule has 16 heavy (non-hydrogen) atoms. The summed E-state index contributed by atoms with van der Waals surface area (Å²) in [4.78, 5) is 17.4. The van der Waals surface area contributed by atoms with E-state index in [2.05, 4.69) is 9.97 Å². The standard InChI is InChI=1S/C11H9ClN2O2/c1-7-3-2-4-8(5-7)16-11-9(12)10(15)13-6-14-11/h2-6H,1H3,(H,13,14,15). The zero-order valence-electron chi connectivity index (χ0n) is 8.53. The summed E-state index contributed by atoms with van der Waals surface area (Å²) in [5, 5.41) is -0.0518. The van der Waals surface area contributed by atoms with Crippen LogP contribution in [0.15, 0.2) is 35.4 Å². The SMILES string of the molecule is Cc1cccc(Oc2nc[nH]c(=O)c2Cl)c1. The van der Waals surface area contributed by atoms with Gasteiger partial charge in [-0.15, -0.1) is 0 Å². The Bertz CT molecular complexity index is 566. The monoisotopic (exact) mass is 236 g/mol. The molecular weight excluding hydrogens is 228 g/mol. The molecular formula is C11H9ClN2O2. The van der Waals surface area contributed by atoms with E-state index in [1.165, 1.54) is 6.33 Å². The van der Waals surface area contributed by atoms with Gasteiger partial charge in [0.25, 0.3) is 5.56 Å². The molecule has 0 unspecified atom stereocenters. The predicted octanol–water partition coefficient (Wildman–Crippen LogP) is 2.52. The van der Waals surface area contributed by atoms with Crippen molar-refractivity contribution in [1.82, 2.24) is 9.97 Å². The molecule has 0 saturated carbocycles. The van der Waals surface area contributed by atoms with Gasteiger partial charge >= 0.3 is 0 Å². The molecule has 1 heterocycles. The smallest absolute Gasteiger partial charge is 0.273 e. The minimum atomic E-state index is -0.417. The molecule has 2 aromatic rings. The van der Waals surface area contributed by atoms with Gasteiger partial charge < -0.3 is 9.72 Å². The average Bonchev–Trinajstić information content (AvgIpc) is 2.25. The molecule has 0 aliphatic rings. The second kappa shape index (κ2) is 4.37. The van der Waals surface area contributed by atoms with Crippen LogP contribution in [0.5, 0.6) is 11.6 Å². The molecule has 1 aromatic heterocycles. The maximum atomic E-state index is 11.2. The Kier molecular flexibility index (Phi) is 2.92. The molecule has 1 N–H and O–H groups in total. The molecule has 0 saturated heterocycles. The van der Waals surface area contributed by atoms with E-state index in [9.17, 15) is 4.79 Å². The molecule has 2 rings (SSSR count). The molecule has 1 aromatic carbocycles. The molecule has 5 heteroatoms. The van der Waals surface area contributed by atoms with Gasteiger partial charge in [-0.2, -0.15) is 0 Å². The van der Waals surface area contributed by atoms with Crippen molar-refractivity contribution < 1.29 is 4.74 Å². The number of benzene rings is 1. The van der Waals surface area contributed by atoms with Gasteiger partial charge in [-0.3, -0.25) is 4.79 Å². The van der Waals surface area contributed by atoms with Crippen molar-refractivity contribution in [2.24, 2.45) is 0 Å². The summed E-state index contributed by atoms with van der Waals surface area (Å²) < 4.78 is 5.41. The van der Waals surface area contributed by atoms with Crippen LogP contribution in [-0.2, 0) is 0 Å². The lowest BCUT2D eigenvalue weighted by Gasteiger charge is -2.05. The zero-order valence-corrected chi connectivity index (χ0v) is 9.28. The lowest BCUT2D eigenvalue weighted by molar-refractivity contribution is 0.460. The third-order valence-corrected chi connectivity index (χ3v) is 2.30. The van der Waals surface area contributed by atoms with Crippen LogP contribution in [0.1, 0.15) is 5.56 Å². The summed E-state index contributed by atoms with van der Waals surface area (Å²) in [5.41, 5.74) is 0.637. The highest BCUT2D eigenvalue weighted by atomic mass is 35.5. The van der Waals surface area contributed by atoms with Crippen LogP contribution in [0.25, 0.3) is 0 Å². The number of nitrogens with zero attached hydrogens (tertiary/aromatic N) is 1. The van der Waals surface area contributed by atoms with Crippen LogP contribution >= 0.6 is 11.6 Å². The van der Waals surface area contributed by atoms with Crippen LogP contribution < -0.4 is 10.3 Å². The number of H-pyrrole nitrogens is 1. The summed E-state index contributed by atoms with van der Waals surface area (Å²) >= 11 is 5.75. The van der Waals surface area contributed by atoms with Crippen LogP contribution in [0.4, 0.5) is 0 Å². The fourth-order valence-corrected chi connectivity index (χ4v) is 1.37. The fraction of sp³-hybridized carbons (Fsp3) is 0.0909. The first-order valence-electron chi connectivity index (χ1n) is 4.64. The number of aromatic amines is 1. The van der Waals surface area contributed by atoms with Gasteiger partial charge in [-0.05, 0) is 24.6 Å². The molecule has 0 atom stereocenters. The second-order valence-corrected chi connectivity index (χ2v) is 3.65. The Labute approximate surface area is 96.9 Å². The predicted molar refractivity (Wildman–Crippen MR) is 61.1 cm³/mol. The largest absolute Gasteiger partial charge is 0.437 e. The third kappa shape index (κ3) is 2.23. The summed E-state index contributed by atoms with van der Waals surface area (Å²) in [5.74, 6) is 0.705. The van der Waals surface area contributed by atoms with Crippen LogP contribution in [0, 0.1) is 6.92 Å². The van der Waals surface area contributed by atoms with E-state index in [1.54, 1.807) is 6.07 Å². The fourth-order valence-electron chi connectivity index (χ4n) is 1.23. The molecule has 82 valence electrons. The first-order chi connectivity index (χ1) is 7.66. The summed E-state index contributed by atoms with van der Waals surface area (Å²) in [6.45, 7) is 1.94. The van der Waals surface area contributed by atoms with E-state index < -0.39 is 5.56 Å². The van der Waals surface area contributed by atoms with Crippen molar-refractivity contribution in [1.29, 1.82) is 0 Å². The summed E-state index contributed by atoms with van der Waals surface area (Å²) in [6, 6.07) is 7.40. The van der Waals surface area contributed by atoms with Crippen LogP contribution in [0.3, 0.4) is 0 Å². The topological polar surface area (TPSA) is 55.0 Å². The lowest BCUT2D eigenvalue weighted by atomic mass is 10.2. The second-order valence-electron chi connectivity index (χ2n) is 3.27.